The third kappa shape index (κ3) is 3.44. The second-order valence-electron chi connectivity index (χ2n) is 5.10. The Kier molecular flexibility index (Phi) is 6.04. The number of hydrogen-bond donors (Lipinski definition) is 1. The zero-order valence-corrected chi connectivity index (χ0v) is 12.8. The molecule has 1 aliphatic heterocycles. The minimum absolute atomic E-state index is 0.0483. The van der Waals surface area contributed by atoms with E-state index in [9.17, 15) is 8.42 Å². The molecule has 0 spiro atoms. The van der Waals surface area contributed by atoms with Gasteiger partial charge in [0, 0.05) is 32.2 Å². The summed E-state index contributed by atoms with van der Waals surface area (Å²) in [4.78, 5) is 0. The van der Waals surface area contributed by atoms with E-state index in [0.717, 1.165) is 32.2 Å². The minimum atomic E-state index is -3.32. The van der Waals surface area contributed by atoms with E-state index < -0.39 is 10.2 Å². The van der Waals surface area contributed by atoms with Gasteiger partial charge in [0.05, 0.1) is 0 Å². The molecule has 1 fully saturated rings. The standard InChI is InChI=1S/C12H27N3O2S/c1-5-11(2)14(4)18(16,17)15-9-7-6-8-12(15)10-13-3/h11-13H,5-10H2,1-4H3. The van der Waals surface area contributed by atoms with Gasteiger partial charge in [-0.05, 0) is 33.2 Å². The van der Waals surface area contributed by atoms with Gasteiger partial charge in [-0.2, -0.15) is 17.0 Å². The molecule has 1 rings (SSSR count). The molecule has 0 aromatic heterocycles. The van der Waals surface area contributed by atoms with Gasteiger partial charge in [-0.1, -0.05) is 13.3 Å². The Labute approximate surface area is 112 Å². The van der Waals surface area contributed by atoms with Crippen LogP contribution in [0.4, 0.5) is 0 Å². The van der Waals surface area contributed by atoms with Crippen molar-refractivity contribution in [2.24, 2.45) is 0 Å². The van der Waals surface area contributed by atoms with Crippen molar-refractivity contribution < 1.29 is 8.42 Å². The van der Waals surface area contributed by atoms with Gasteiger partial charge in [0.2, 0.25) is 0 Å². The summed E-state index contributed by atoms with van der Waals surface area (Å²) in [6.45, 7) is 5.34. The molecule has 0 aromatic carbocycles. The molecule has 1 saturated heterocycles. The van der Waals surface area contributed by atoms with Gasteiger partial charge >= 0.3 is 0 Å². The summed E-state index contributed by atoms with van der Waals surface area (Å²) in [7, 11) is 0.244. The maximum absolute atomic E-state index is 12.6. The van der Waals surface area contributed by atoms with Crippen LogP contribution >= 0.6 is 0 Å². The Morgan fingerprint density at radius 3 is 2.67 bits per heavy atom. The summed E-state index contributed by atoms with van der Waals surface area (Å²) < 4.78 is 28.4. The molecule has 1 N–H and O–H groups in total. The van der Waals surface area contributed by atoms with Crippen LogP contribution in [0.3, 0.4) is 0 Å². The quantitative estimate of drug-likeness (QED) is 0.789. The molecule has 0 saturated carbocycles. The van der Waals surface area contributed by atoms with Crippen molar-refractivity contribution in [3.63, 3.8) is 0 Å². The number of piperidine rings is 1. The van der Waals surface area contributed by atoms with E-state index in [1.54, 1.807) is 11.4 Å². The molecule has 0 aliphatic carbocycles. The fourth-order valence-corrected chi connectivity index (χ4v) is 4.22. The predicted molar refractivity (Wildman–Crippen MR) is 74.7 cm³/mol. The highest BCUT2D eigenvalue weighted by molar-refractivity contribution is 7.86. The van der Waals surface area contributed by atoms with Crippen LogP contribution in [0.1, 0.15) is 39.5 Å². The van der Waals surface area contributed by atoms with E-state index in [2.05, 4.69) is 5.32 Å². The molecule has 18 heavy (non-hydrogen) atoms. The molecule has 5 nitrogen and oxygen atoms in total. The first-order valence-electron chi connectivity index (χ1n) is 6.84. The summed E-state index contributed by atoms with van der Waals surface area (Å²) >= 11 is 0. The molecule has 6 heteroatoms. The smallest absolute Gasteiger partial charge is 0.282 e. The predicted octanol–water partition coefficient (Wildman–Crippen LogP) is 1.04. The summed E-state index contributed by atoms with van der Waals surface area (Å²) in [5.41, 5.74) is 0. The summed E-state index contributed by atoms with van der Waals surface area (Å²) in [5.74, 6) is 0. The van der Waals surface area contributed by atoms with E-state index in [0.29, 0.717) is 6.54 Å². The molecule has 2 atom stereocenters. The average Bonchev–Trinajstić information content (AvgIpc) is 2.37. The number of nitrogens with zero attached hydrogens (tertiary/aromatic N) is 2. The minimum Gasteiger partial charge on any atom is -0.318 e. The lowest BCUT2D eigenvalue weighted by Crippen LogP contribution is -2.53. The number of likely N-dealkylation sites (N-methyl/N-ethyl adjacent to an activating group) is 1. The highest BCUT2D eigenvalue weighted by Crippen LogP contribution is 2.23. The fraction of sp³-hybridized carbons (Fsp3) is 1.00. The first-order valence-corrected chi connectivity index (χ1v) is 8.24. The van der Waals surface area contributed by atoms with E-state index in [1.165, 1.54) is 4.31 Å². The summed E-state index contributed by atoms with van der Waals surface area (Å²) in [5, 5.41) is 3.10. The van der Waals surface area contributed by atoms with E-state index >= 15 is 0 Å². The van der Waals surface area contributed by atoms with E-state index in [1.807, 2.05) is 20.9 Å². The van der Waals surface area contributed by atoms with Gasteiger partial charge in [-0.25, -0.2) is 0 Å². The van der Waals surface area contributed by atoms with Crippen LogP contribution in [0.5, 0.6) is 0 Å². The first-order chi connectivity index (χ1) is 8.45. The van der Waals surface area contributed by atoms with Crippen molar-refractivity contribution in [1.82, 2.24) is 13.9 Å². The van der Waals surface area contributed by atoms with Crippen LogP contribution in [-0.4, -0.2) is 56.3 Å². The number of hydrogen-bond acceptors (Lipinski definition) is 3. The molecule has 2 unspecified atom stereocenters. The molecule has 1 aliphatic rings. The van der Waals surface area contributed by atoms with Crippen LogP contribution < -0.4 is 5.32 Å². The molecule has 1 heterocycles. The molecule has 108 valence electrons. The monoisotopic (exact) mass is 277 g/mol. The Morgan fingerprint density at radius 2 is 2.11 bits per heavy atom. The highest BCUT2D eigenvalue weighted by atomic mass is 32.2. The maximum Gasteiger partial charge on any atom is 0.282 e. The topological polar surface area (TPSA) is 52.7 Å². The van der Waals surface area contributed by atoms with Gasteiger partial charge in [0.15, 0.2) is 0 Å². The SMILES string of the molecule is CCC(C)N(C)S(=O)(=O)N1CCCCC1CNC. The lowest BCUT2D eigenvalue weighted by molar-refractivity contribution is 0.225. The van der Waals surface area contributed by atoms with Crippen LogP contribution in [0.2, 0.25) is 0 Å². The summed E-state index contributed by atoms with van der Waals surface area (Å²) in [6, 6.07) is 0.146. The van der Waals surface area contributed by atoms with Crippen molar-refractivity contribution in [2.75, 3.05) is 27.2 Å². The largest absolute Gasteiger partial charge is 0.318 e. The lowest BCUT2D eigenvalue weighted by atomic mass is 10.1. The van der Waals surface area contributed by atoms with Gasteiger partial charge < -0.3 is 5.32 Å². The average molecular weight is 277 g/mol. The second kappa shape index (κ2) is 6.84. The van der Waals surface area contributed by atoms with Crippen molar-refractivity contribution in [1.29, 1.82) is 0 Å². The molecule has 0 bridgehead atoms. The number of nitrogens with one attached hydrogen (secondary N) is 1. The highest BCUT2D eigenvalue weighted by Gasteiger charge is 2.35. The van der Waals surface area contributed by atoms with Gasteiger partial charge in [-0.15, -0.1) is 0 Å². The zero-order valence-electron chi connectivity index (χ0n) is 12.0. The third-order valence-electron chi connectivity index (χ3n) is 3.88. The lowest BCUT2D eigenvalue weighted by Gasteiger charge is -2.38. The molecular weight excluding hydrogens is 250 g/mol. The Morgan fingerprint density at radius 1 is 1.44 bits per heavy atom. The van der Waals surface area contributed by atoms with Crippen LogP contribution in [0.25, 0.3) is 0 Å². The van der Waals surface area contributed by atoms with Crippen molar-refractivity contribution >= 4 is 10.2 Å². The van der Waals surface area contributed by atoms with Gasteiger partial charge in [0.25, 0.3) is 10.2 Å². The Bertz CT molecular complexity index is 343. The first kappa shape index (κ1) is 15.9. The van der Waals surface area contributed by atoms with Crippen molar-refractivity contribution in [3.8, 4) is 0 Å². The van der Waals surface area contributed by atoms with E-state index in [4.69, 9.17) is 0 Å². The molecule has 0 amide bonds. The van der Waals surface area contributed by atoms with Crippen LogP contribution in [0, 0.1) is 0 Å². The van der Waals surface area contributed by atoms with Crippen LogP contribution in [-0.2, 0) is 10.2 Å². The molecule has 0 aromatic rings. The normalized spacial score (nSPS) is 24.4. The van der Waals surface area contributed by atoms with Gasteiger partial charge in [-0.3, -0.25) is 0 Å². The molecule has 0 radical (unpaired) electrons. The van der Waals surface area contributed by atoms with Crippen LogP contribution in [0.15, 0.2) is 0 Å². The Balaban J connectivity index is 2.86. The van der Waals surface area contributed by atoms with Crippen molar-refractivity contribution in [2.45, 2.75) is 51.6 Å². The number of rotatable bonds is 6. The zero-order chi connectivity index (χ0) is 13.8. The van der Waals surface area contributed by atoms with Gasteiger partial charge in [0.1, 0.15) is 0 Å². The Hall–Kier alpha value is -0.170. The van der Waals surface area contributed by atoms with Crippen molar-refractivity contribution in [3.05, 3.63) is 0 Å². The fourth-order valence-electron chi connectivity index (χ4n) is 2.37. The van der Waals surface area contributed by atoms with E-state index in [-0.39, 0.29) is 12.1 Å². The second-order valence-corrected chi connectivity index (χ2v) is 7.04. The third-order valence-corrected chi connectivity index (χ3v) is 6.05. The maximum atomic E-state index is 12.6. The molecular formula is C12H27N3O2S. The summed E-state index contributed by atoms with van der Waals surface area (Å²) in [6.07, 6.45) is 3.87.